The van der Waals surface area contributed by atoms with Gasteiger partial charge in [-0.2, -0.15) is 0 Å². The summed E-state index contributed by atoms with van der Waals surface area (Å²) in [6.45, 7) is 5.31. The van der Waals surface area contributed by atoms with Gasteiger partial charge in [-0.25, -0.2) is 0 Å². The maximum Gasteiger partial charge on any atom is 0.237 e. The van der Waals surface area contributed by atoms with Crippen LogP contribution >= 0.6 is 11.6 Å². The van der Waals surface area contributed by atoms with Gasteiger partial charge in [0, 0.05) is 32.1 Å². The Morgan fingerprint density at radius 2 is 1.79 bits per heavy atom. The lowest BCUT2D eigenvalue weighted by molar-refractivity contribution is -0.137. The van der Waals surface area contributed by atoms with E-state index in [1.165, 1.54) is 0 Å². The van der Waals surface area contributed by atoms with E-state index in [4.69, 9.17) is 11.6 Å². The summed E-state index contributed by atoms with van der Waals surface area (Å²) in [6, 6.07) is 9.91. The molecule has 3 unspecified atom stereocenters. The quantitative estimate of drug-likeness (QED) is 0.764. The molecule has 2 aliphatic heterocycles. The molecule has 0 aromatic heterocycles. The topological polar surface area (TPSA) is 69.7 Å². The second-order valence-electron chi connectivity index (χ2n) is 7.76. The van der Waals surface area contributed by atoms with Crippen LogP contribution in [0.1, 0.15) is 44.7 Å². The zero-order chi connectivity index (χ0) is 20.3. The number of nitrogens with zero attached hydrogens (tertiary/aromatic N) is 2. The molecule has 28 heavy (non-hydrogen) atoms. The molecular weight excluding hydrogens is 378 g/mol. The van der Waals surface area contributed by atoms with Gasteiger partial charge < -0.3 is 15.1 Å². The third kappa shape index (κ3) is 4.66. The van der Waals surface area contributed by atoms with Gasteiger partial charge >= 0.3 is 0 Å². The monoisotopic (exact) mass is 405 g/mol. The van der Waals surface area contributed by atoms with E-state index < -0.39 is 5.38 Å². The molecule has 3 amide bonds. The Balaban J connectivity index is 1.53. The Morgan fingerprint density at radius 1 is 1.14 bits per heavy atom. The van der Waals surface area contributed by atoms with Gasteiger partial charge in [-0.1, -0.05) is 30.3 Å². The molecule has 6 nitrogen and oxygen atoms in total. The molecule has 3 atom stereocenters. The third-order valence-corrected chi connectivity index (χ3v) is 5.97. The Morgan fingerprint density at radius 3 is 2.39 bits per heavy atom. The van der Waals surface area contributed by atoms with Crippen LogP contribution in [0.2, 0.25) is 0 Å². The standard InChI is InChI=1S/C21H28ClN3O3/c1-14(22)20(27)23-18-8-10-24(11-9-18)21(28)17-12-19(26)25(13-17)15(2)16-6-4-3-5-7-16/h3-7,14-15,17-18H,8-13H2,1-2H3,(H,23,27). The van der Waals surface area contributed by atoms with Gasteiger partial charge in [-0.3, -0.25) is 14.4 Å². The van der Waals surface area contributed by atoms with E-state index in [0.717, 1.165) is 5.56 Å². The van der Waals surface area contributed by atoms with Crippen LogP contribution in [-0.4, -0.2) is 58.6 Å². The number of halogens is 1. The molecule has 1 aromatic rings. The zero-order valence-electron chi connectivity index (χ0n) is 16.4. The van der Waals surface area contributed by atoms with Crippen molar-refractivity contribution >= 4 is 29.3 Å². The lowest BCUT2D eigenvalue weighted by atomic mass is 10.0. The minimum atomic E-state index is -0.554. The molecule has 0 bridgehead atoms. The maximum atomic E-state index is 12.9. The van der Waals surface area contributed by atoms with Crippen LogP contribution in [0.4, 0.5) is 0 Å². The van der Waals surface area contributed by atoms with Crippen LogP contribution in [0.25, 0.3) is 0 Å². The van der Waals surface area contributed by atoms with E-state index >= 15 is 0 Å². The number of piperidine rings is 1. The molecule has 2 fully saturated rings. The van der Waals surface area contributed by atoms with Gasteiger partial charge in [0.05, 0.1) is 12.0 Å². The highest BCUT2D eigenvalue weighted by Crippen LogP contribution is 2.30. The molecule has 2 heterocycles. The van der Waals surface area contributed by atoms with Crippen LogP contribution in [0.15, 0.2) is 30.3 Å². The molecule has 2 saturated heterocycles. The number of amides is 3. The van der Waals surface area contributed by atoms with Crippen molar-refractivity contribution in [2.75, 3.05) is 19.6 Å². The molecule has 2 aliphatic rings. The fourth-order valence-electron chi connectivity index (χ4n) is 4.00. The summed E-state index contributed by atoms with van der Waals surface area (Å²) >= 11 is 5.80. The first-order valence-corrected chi connectivity index (χ1v) is 10.4. The number of hydrogen-bond donors (Lipinski definition) is 1. The summed E-state index contributed by atoms with van der Waals surface area (Å²) in [5, 5.41) is 2.37. The third-order valence-electron chi connectivity index (χ3n) is 5.77. The summed E-state index contributed by atoms with van der Waals surface area (Å²) in [6.07, 6.45) is 1.70. The fraction of sp³-hybridized carbons (Fsp3) is 0.571. The van der Waals surface area contributed by atoms with Gasteiger partial charge in [0.2, 0.25) is 17.7 Å². The first-order valence-electron chi connectivity index (χ1n) is 9.94. The largest absolute Gasteiger partial charge is 0.352 e. The summed E-state index contributed by atoms with van der Waals surface area (Å²) in [5.41, 5.74) is 1.08. The summed E-state index contributed by atoms with van der Waals surface area (Å²) < 4.78 is 0. The maximum absolute atomic E-state index is 12.9. The van der Waals surface area contributed by atoms with Gasteiger partial charge in [-0.15, -0.1) is 11.6 Å². The van der Waals surface area contributed by atoms with E-state index in [1.807, 2.05) is 47.1 Å². The highest BCUT2D eigenvalue weighted by atomic mass is 35.5. The van der Waals surface area contributed by atoms with Crippen LogP contribution < -0.4 is 5.32 Å². The normalized spacial score (nSPS) is 22.8. The van der Waals surface area contributed by atoms with Crippen LogP contribution in [-0.2, 0) is 14.4 Å². The van der Waals surface area contributed by atoms with E-state index in [9.17, 15) is 14.4 Å². The molecule has 3 rings (SSSR count). The second-order valence-corrected chi connectivity index (χ2v) is 8.41. The van der Waals surface area contributed by atoms with Crippen molar-refractivity contribution in [3.05, 3.63) is 35.9 Å². The van der Waals surface area contributed by atoms with Gasteiger partial charge in [0.25, 0.3) is 0 Å². The van der Waals surface area contributed by atoms with Crippen molar-refractivity contribution in [3.63, 3.8) is 0 Å². The molecule has 1 aromatic carbocycles. The molecule has 0 aliphatic carbocycles. The number of carbonyl (C=O) groups is 3. The van der Waals surface area contributed by atoms with Crippen molar-refractivity contribution in [1.29, 1.82) is 0 Å². The zero-order valence-corrected chi connectivity index (χ0v) is 17.2. The van der Waals surface area contributed by atoms with Crippen LogP contribution in [0.5, 0.6) is 0 Å². The minimum Gasteiger partial charge on any atom is -0.352 e. The Hall–Kier alpha value is -2.08. The van der Waals surface area contributed by atoms with E-state index in [-0.39, 0.29) is 42.1 Å². The SMILES string of the molecule is CC(Cl)C(=O)NC1CCN(C(=O)C2CC(=O)N(C(C)c3ccccc3)C2)CC1. The van der Waals surface area contributed by atoms with Gasteiger partial charge in [0.15, 0.2) is 0 Å². The number of benzene rings is 1. The second kappa shape index (κ2) is 8.95. The summed E-state index contributed by atoms with van der Waals surface area (Å²) in [4.78, 5) is 40.8. The number of rotatable bonds is 5. The number of hydrogen-bond acceptors (Lipinski definition) is 3. The molecule has 1 N–H and O–H groups in total. The van der Waals surface area contributed by atoms with E-state index in [0.29, 0.717) is 32.5 Å². The lowest BCUT2D eigenvalue weighted by Gasteiger charge is -2.34. The predicted molar refractivity (Wildman–Crippen MR) is 108 cm³/mol. The number of likely N-dealkylation sites (tertiary alicyclic amines) is 2. The van der Waals surface area contributed by atoms with E-state index in [2.05, 4.69) is 5.32 Å². The first kappa shape index (κ1) is 20.6. The number of alkyl halides is 1. The van der Waals surface area contributed by atoms with Gasteiger partial charge in [-0.05, 0) is 32.3 Å². The Bertz CT molecular complexity index is 717. The van der Waals surface area contributed by atoms with Crippen molar-refractivity contribution in [2.24, 2.45) is 5.92 Å². The molecule has 0 saturated carbocycles. The minimum absolute atomic E-state index is 0.0351. The van der Waals surface area contributed by atoms with Crippen LogP contribution in [0, 0.1) is 5.92 Å². The lowest BCUT2D eigenvalue weighted by Crippen LogP contribution is -2.49. The average molecular weight is 406 g/mol. The van der Waals surface area contributed by atoms with Crippen molar-refractivity contribution in [3.8, 4) is 0 Å². The van der Waals surface area contributed by atoms with E-state index in [1.54, 1.807) is 6.92 Å². The fourth-order valence-corrected chi connectivity index (χ4v) is 4.06. The smallest absolute Gasteiger partial charge is 0.237 e. The van der Waals surface area contributed by atoms with Crippen molar-refractivity contribution in [1.82, 2.24) is 15.1 Å². The Labute approximate surface area is 171 Å². The number of carbonyl (C=O) groups excluding carboxylic acids is 3. The first-order chi connectivity index (χ1) is 13.4. The van der Waals surface area contributed by atoms with Gasteiger partial charge in [0.1, 0.15) is 5.38 Å². The Kier molecular flexibility index (Phi) is 6.60. The molecular formula is C21H28ClN3O3. The molecule has 0 spiro atoms. The van der Waals surface area contributed by atoms with Crippen LogP contribution in [0.3, 0.4) is 0 Å². The van der Waals surface area contributed by atoms with Crippen molar-refractivity contribution < 1.29 is 14.4 Å². The predicted octanol–water partition coefficient (Wildman–Crippen LogP) is 2.33. The highest BCUT2D eigenvalue weighted by molar-refractivity contribution is 6.30. The van der Waals surface area contributed by atoms with Crippen molar-refractivity contribution in [2.45, 2.75) is 50.6 Å². The molecule has 0 radical (unpaired) electrons. The average Bonchev–Trinajstić information content (AvgIpc) is 3.09. The summed E-state index contributed by atoms with van der Waals surface area (Å²) in [5.74, 6) is -0.370. The summed E-state index contributed by atoms with van der Waals surface area (Å²) in [7, 11) is 0. The number of nitrogens with one attached hydrogen (secondary N) is 1. The molecule has 152 valence electrons. The highest BCUT2D eigenvalue weighted by Gasteiger charge is 2.39. The molecule has 7 heteroatoms.